The van der Waals surface area contributed by atoms with Gasteiger partial charge in [0.05, 0.1) is 5.69 Å². The van der Waals surface area contributed by atoms with Crippen LogP contribution < -0.4 is 11.2 Å². The highest BCUT2D eigenvalue weighted by molar-refractivity contribution is 7.12. The smallest absolute Gasteiger partial charge is 0.295 e. The molecule has 0 aliphatic carbocycles. The van der Waals surface area contributed by atoms with Crippen molar-refractivity contribution in [1.29, 1.82) is 0 Å². The predicted molar refractivity (Wildman–Crippen MR) is 67.4 cm³/mol. The van der Waals surface area contributed by atoms with Crippen LogP contribution in [0, 0.1) is 5.82 Å². The summed E-state index contributed by atoms with van der Waals surface area (Å²) in [6.45, 7) is 3.85. The van der Waals surface area contributed by atoms with Gasteiger partial charge in [-0.3, -0.25) is 9.78 Å². The van der Waals surface area contributed by atoms with Gasteiger partial charge in [-0.25, -0.2) is 9.78 Å². The molecule has 0 atom stereocenters. The molecule has 0 radical (unpaired) electrons. The minimum atomic E-state index is -1.20. The Morgan fingerprint density at radius 1 is 1.50 bits per heavy atom. The maximum atomic E-state index is 13.4. The molecule has 0 spiro atoms. The molecule has 2 aromatic rings. The van der Waals surface area contributed by atoms with E-state index >= 15 is 0 Å². The third-order valence-electron chi connectivity index (χ3n) is 2.30. The first-order chi connectivity index (χ1) is 8.41. The molecule has 0 fully saturated rings. The molecule has 8 heteroatoms. The van der Waals surface area contributed by atoms with Crippen molar-refractivity contribution in [2.24, 2.45) is 0 Å². The number of aromatic amines is 1. The van der Waals surface area contributed by atoms with Gasteiger partial charge in [0.2, 0.25) is 10.9 Å². The topological polar surface area (TPSA) is 67.8 Å². The summed E-state index contributed by atoms with van der Waals surface area (Å²) in [6.07, 6.45) is 0. The monoisotopic (exact) mass is 289 g/mol. The summed E-state index contributed by atoms with van der Waals surface area (Å²) < 4.78 is 14.0. The van der Waals surface area contributed by atoms with Crippen molar-refractivity contribution in [2.45, 2.75) is 19.8 Å². The Hall–Kier alpha value is -1.47. The molecular weight excluding hydrogens is 281 g/mol. The average molecular weight is 290 g/mol. The zero-order valence-electron chi connectivity index (χ0n) is 9.53. The van der Waals surface area contributed by atoms with Gasteiger partial charge in [0, 0.05) is 5.38 Å². The van der Waals surface area contributed by atoms with Crippen molar-refractivity contribution in [3.63, 3.8) is 0 Å². The fraction of sp³-hybridized carbons (Fsp3) is 0.300. The Morgan fingerprint density at radius 2 is 2.17 bits per heavy atom. The summed E-state index contributed by atoms with van der Waals surface area (Å²) >= 11 is 6.47. The van der Waals surface area contributed by atoms with Gasteiger partial charge in [0.25, 0.3) is 5.56 Å². The first kappa shape index (κ1) is 13.0. The van der Waals surface area contributed by atoms with Gasteiger partial charge in [0.1, 0.15) is 0 Å². The van der Waals surface area contributed by atoms with E-state index in [-0.39, 0.29) is 11.0 Å². The van der Waals surface area contributed by atoms with Crippen LogP contribution in [-0.2, 0) is 0 Å². The molecule has 0 amide bonds. The lowest BCUT2D eigenvalue weighted by Gasteiger charge is -2.01. The van der Waals surface area contributed by atoms with E-state index in [0.717, 1.165) is 17.0 Å². The van der Waals surface area contributed by atoms with Gasteiger partial charge in [-0.1, -0.05) is 25.4 Å². The van der Waals surface area contributed by atoms with Gasteiger partial charge in [0.15, 0.2) is 5.15 Å². The molecule has 0 bridgehead atoms. The van der Waals surface area contributed by atoms with E-state index in [1.54, 1.807) is 5.38 Å². The molecule has 0 aliphatic rings. The number of hydrogen-bond donors (Lipinski definition) is 1. The standard InChI is InChI=1S/C10H9ClFN3O2S/c1-4(2)5-3-18-10(13-5)15-8(16)6(12)7(11)14-9(15)17/h3-4H,1-2H3,(H,14,17). The first-order valence-corrected chi connectivity index (χ1v) is 6.33. The fourth-order valence-electron chi connectivity index (χ4n) is 1.31. The van der Waals surface area contributed by atoms with Crippen molar-refractivity contribution in [2.75, 3.05) is 0 Å². The molecule has 0 unspecified atom stereocenters. The van der Waals surface area contributed by atoms with Crippen LogP contribution in [0.4, 0.5) is 4.39 Å². The highest BCUT2D eigenvalue weighted by atomic mass is 35.5. The van der Waals surface area contributed by atoms with Crippen LogP contribution in [0.1, 0.15) is 25.5 Å². The van der Waals surface area contributed by atoms with Crippen molar-refractivity contribution in [3.05, 3.63) is 42.9 Å². The molecule has 0 aliphatic heterocycles. The number of halogens is 2. The third kappa shape index (κ3) is 2.11. The summed E-state index contributed by atoms with van der Waals surface area (Å²) in [6, 6.07) is 0. The number of aromatic nitrogens is 3. The molecular formula is C10H9ClFN3O2S. The van der Waals surface area contributed by atoms with Gasteiger partial charge in [-0.05, 0) is 5.92 Å². The molecule has 5 nitrogen and oxygen atoms in total. The zero-order chi connectivity index (χ0) is 13.4. The Morgan fingerprint density at radius 3 is 2.72 bits per heavy atom. The first-order valence-electron chi connectivity index (χ1n) is 5.08. The number of H-pyrrole nitrogens is 1. The molecule has 0 saturated heterocycles. The number of nitrogens with zero attached hydrogens (tertiary/aromatic N) is 2. The van der Waals surface area contributed by atoms with Crippen LogP contribution >= 0.6 is 22.9 Å². The van der Waals surface area contributed by atoms with Crippen LogP contribution in [-0.4, -0.2) is 14.5 Å². The molecule has 96 valence electrons. The minimum Gasteiger partial charge on any atom is -0.295 e. The minimum absolute atomic E-state index is 0.125. The molecule has 1 N–H and O–H groups in total. The fourth-order valence-corrected chi connectivity index (χ4v) is 2.45. The Kier molecular flexibility index (Phi) is 3.36. The molecule has 0 aromatic carbocycles. The summed E-state index contributed by atoms with van der Waals surface area (Å²) in [5.74, 6) is -1.04. The summed E-state index contributed by atoms with van der Waals surface area (Å²) in [5.41, 5.74) is -1.18. The van der Waals surface area contributed by atoms with Crippen molar-refractivity contribution >= 4 is 22.9 Å². The Labute approximate surface area is 110 Å². The van der Waals surface area contributed by atoms with Crippen molar-refractivity contribution in [1.82, 2.24) is 14.5 Å². The highest BCUT2D eigenvalue weighted by Crippen LogP contribution is 2.19. The van der Waals surface area contributed by atoms with E-state index in [4.69, 9.17) is 11.6 Å². The maximum absolute atomic E-state index is 13.4. The Balaban J connectivity index is 2.68. The molecule has 2 aromatic heterocycles. The van der Waals surface area contributed by atoms with Crippen LogP contribution in [0.15, 0.2) is 15.0 Å². The lowest BCUT2D eigenvalue weighted by molar-refractivity contribution is 0.584. The SMILES string of the molecule is CC(C)c1csc(-n2c(=O)[nH]c(Cl)c(F)c2=O)n1. The van der Waals surface area contributed by atoms with Crippen LogP contribution in [0.3, 0.4) is 0 Å². The molecule has 2 rings (SSSR count). The number of rotatable bonds is 2. The molecule has 18 heavy (non-hydrogen) atoms. The van der Waals surface area contributed by atoms with E-state index in [1.165, 1.54) is 0 Å². The lowest BCUT2D eigenvalue weighted by atomic mass is 10.2. The van der Waals surface area contributed by atoms with Gasteiger partial charge in [-0.2, -0.15) is 8.96 Å². The quantitative estimate of drug-likeness (QED) is 0.859. The number of thiazole rings is 1. The third-order valence-corrected chi connectivity index (χ3v) is 3.40. The van der Waals surface area contributed by atoms with Gasteiger partial charge < -0.3 is 0 Å². The highest BCUT2D eigenvalue weighted by Gasteiger charge is 2.16. The van der Waals surface area contributed by atoms with Crippen molar-refractivity contribution < 1.29 is 4.39 Å². The van der Waals surface area contributed by atoms with E-state index in [1.807, 2.05) is 18.8 Å². The van der Waals surface area contributed by atoms with Crippen LogP contribution in [0.5, 0.6) is 0 Å². The lowest BCUT2D eigenvalue weighted by Crippen LogP contribution is -2.35. The zero-order valence-corrected chi connectivity index (χ0v) is 11.1. The summed E-state index contributed by atoms with van der Waals surface area (Å²) in [7, 11) is 0. The second-order valence-corrected chi connectivity index (χ2v) is 5.12. The van der Waals surface area contributed by atoms with E-state index in [9.17, 15) is 14.0 Å². The van der Waals surface area contributed by atoms with E-state index in [2.05, 4.69) is 4.98 Å². The number of hydrogen-bond acceptors (Lipinski definition) is 4. The number of nitrogens with one attached hydrogen (secondary N) is 1. The molecule has 2 heterocycles. The largest absolute Gasteiger partial charge is 0.336 e. The Bertz CT molecular complexity index is 704. The van der Waals surface area contributed by atoms with Crippen LogP contribution in [0.25, 0.3) is 5.13 Å². The van der Waals surface area contributed by atoms with Gasteiger partial charge in [-0.15, -0.1) is 11.3 Å². The van der Waals surface area contributed by atoms with Crippen molar-refractivity contribution in [3.8, 4) is 5.13 Å². The molecule has 0 saturated carbocycles. The van der Waals surface area contributed by atoms with E-state index < -0.39 is 22.2 Å². The average Bonchev–Trinajstić information content (AvgIpc) is 2.75. The summed E-state index contributed by atoms with van der Waals surface area (Å²) in [4.78, 5) is 29.4. The normalized spacial score (nSPS) is 11.2. The second-order valence-electron chi connectivity index (χ2n) is 3.91. The van der Waals surface area contributed by atoms with E-state index in [0.29, 0.717) is 4.57 Å². The van der Waals surface area contributed by atoms with Crippen LogP contribution in [0.2, 0.25) is 5.15 Å². The van der Waals surface area contributed by atoms with Gasteiger partial charge >= 0.3 is 5.69 Å². The maximum Gasteiger partial charge on any atom is 0.336 e. The summed E-state index contributed by atoms with van der Waals surface area (Å²) in [5, 5.41) is 1.25. The predicted octanol–water partition coefficient (Wildman–Crippen LogP) is 1.90. The second kappa shape index (κ2) is 4.66.